The van der Waals surface area contributed by atoms with Crippen molar-refractivity contribution in [1.82, 2.24) is 0 Å². The fourth-order valence-electron chi connectivity index (χ4n) is 19.2. The van der Waals surface area contributed by atoms with Crippen molar-refractivity contribution in [2.75, 3.05) is 0 Å². The molecule has 0 aliphatic heterocycles. The molecular weight excluding hydrogens is 1310 g/mol. The molecule has 1 heterocycles. The van der Waals surface area contributed by atoms with Crippen LogP contribution in [0.2, 0.25) is 0 Å². The second-order valence-electron chi connectivity index (χ2n) is 30.8. The Morgan fingerprint density at radius 2 is 0.477 bits per heavy atom. The number of benzene rings is 19. The minimum Gasteiger partial charge on any atom is -0.455 e. The molecule has 1 aromatic heterocycles. The summed E-state index contributed by atoms with van der Waals surface area (Å²) in [7, 11) is 0. The fraction of sp³-hybridized carbons (Fsp3) is 0.0556. The monoisotopic (exact) mass is 1390 g/mol. The highest BCUT2D eigenvalue weighted by Crippen LogP contribution is 2.57. The van der Waals surface area contributed by atoms with Crippen LogP contribution < -0.4 is 0 Å². The van der Waals surface area contributed by atoms with Crippen LogP contribution in [-0.4, -0.2) is 0 Å². The average molecular weight is 1390 g/mol. The maximum Gasteiger partial charge on any atom is 0.143 e. The first-order valence-electron chi connectivity index (χ1n) is 38.2. The molecule has 0 N–H and O–H groups in total. The van der Waals surface area contributed by atoms with Crippen LogP contribution in [0.3, 0.4) is 0 Å². The Hall–Kier alpha value is -13.5. The fourth-order valence-corrected chi connectivity index (χ4v) is 19.2. The summed E-state index contributed by atoms with van der Waals surface area (Å²) in [5.74, 6) is 0. The summed E-state index contributed by atoms with van der Waals surface area (Å²) in [6, 6.07) is 139. The van der Waals surface area contributed by atoms with Gasteiger partial charge in [0, 0.05) is 27.2 Å². The van der Waals surface area contributed by atoms with Crippen LogP contribution in [0.1, 0.15) is 49.9 Å². The average Bonchev–Trinajstić information content (AvgIpc) is 1.54. The van der Waals surface area contributed by atoms with Gasteiger partial charge in [0.1, 0.15) is 11.2 Å². The molecule has 0 saturated heterocycles. The first-order chi connectivity index (χ1) is 53.6. The smallest absolute Gasteiger partial charge is 0.143 e. The van der Waals surface area contributed by atoms with Crippen LogP contribution in [-0.2, 0) is 10.8 Å². The maximum absolute atomic E-state index is 6.59. The van der Waals surface area contributed by atoms with Crippen LogP contribution in [0, 0.1) is 0 Å². The minimum atomic E-state index is -0.127. The van der Waals surface area contributed by atoms with Gasteiger partial charge in [-0.05, 0) is 223 Å². The quantitative estimate of drug-likeness (QED) is 0.138. The molecule has 1 nitrogen and oxygen atoms in total. The van der Waals surface area contributed by atoms with Crippen LogP contribution in [0.4, 0.5) is 0 Å². The third-order valence-corrected chi connectivity index (χ3v) is 24.1. The third-order valence-electron chi connectivity index (χ3n) is 24.1. The SMILES string of the molecule is CC1(C)c2cc3ccccc3cc2-c2cccc(-c3ccc(-c4c5ccccc5c(-c5ccccc5-c5cccc6c5oc5ccccc56)c5ccccc45)cc3)c21.CC1(C)c2cc3ccccc3cc2-c2cccc(-c3ccc(-c4c5ccccc5c(-c5ccccc5-c5ccccc5)c5ccccc45)cc3)c21. The summed E-state index contributed by atoms with van der Waals surface area (Å²) < 4.78 is 6.59. The lowest BCUT2D eigenvalue weighted by atomic mass is 9.78. The molecule has 109 heavy (non-hydrogen) atoms. The summed E-state index contributed by atoms with van der Waals surface area (Å²) in [5.41, 5.74) is 32.5. The van der Waals surface area contributed by atoms with Gasteiger partial charge in [0.05, 0.1) is 0 Å². The Morgan fingerprint density at radius 3 is 0.927 bits per heavy atom. The molecular formula is C108H74O. The van der Waals surface area contributed by atoms with E-state index in [0.29, 0.717) is 0 Å². The summed E-state index contributed by atoms with van der Waals surface area (Å²) in [4.78, 5) is 0. The summed E-state index contributed by atoms with van der Waals surface area (Å²) in [6.07, 6.45) is 0. The predicted octanol–water partition coefficient (Wildman–Crippen LogP) is 30.1. The lowest BCUT2D eigenvalue weighted by Crippen LogP contribution is -2.16. The lowest BCUT2D eigenvalue weighted by molar-refractivity contribution is 0.663. The summed E-state index contributed by atoms with van der Waals surface area (Å²) >= 11 is 0. The molecule has 0 atom stereocenters. The van der Waals surface area contributed by atoms with Crippen LogP contribution in [0.15, 0.2) is 381 Å². The van der Waals surface area contributed by atoms with Gasteiger partial charge in [-0.3, -0.25) is 0 Å². The molecule has 2 aliphatic carbocycles. The summed E-state index contributed by atoms with van der Waals surface area (Å²) in [6.45, 7) is 9.55. The van der Waals surface area contributed by atoms with E-state index in [-0.39, 0.29) is 10.8 Å². The van der Waals surface area contributed by atoms with Gasteiger partial charge in [0.15, 0.2) is 0 Å². The zero-order chi connectivity index (χ0) is 72.6. The highest BCUT2D eigenvalue weighted by molar-refractivity contribution is 6.25. The van der Waals surface area contributed by atoms with Gasteiger partial charge >= 0.3 is 0 Å². The number of para-hydroxylation sites is 2. The molecule has 1 heteroatoms. The molecule has 0 amide bonds. The number of hydrogen-bond acceptors (Lipinski definition) is 1. The molecule has 0 spiro atoms. The molecule has 0 radical (unpaired) electrons. The van der Waals surface area contributed by atoms with Gasteiger partial charge in [0.2, 0.25) is 0 Å². The molecule has 20 aromatic rings. The van der Waals surface area contributed by atoms with Crippen LogP contribution in [0.25, 0.3) is 198 Å². The molecule has 0 fully saturated rings. The number of hydrogen-bond donors (Lipinski definition) is 0. The van der Waals surface area contributed by atoms with E-state index in [9.17, 15) is 0 Å². The summed E-state index contributed by atoms with van der Waals surface area (Å²) in [5, 5.41) is 17.5. The van der Waals surface area contributed by atoms with E-state index in [2.05, 4.69) is 398 Å². The number of furan rings is 1. The van der Waals surface area contributed by atoms with Crippen LogP contribution >= 0.6 is 0 Å². The predicted molar refractivity (Wildman–Crippen MR) is 464 cm³/mol. The minimum absolute atomic E-state index is 0.109. The Balaban J connectivity index is 0.000000140. The Bertz CT molecular complexity index is 7010. The van der Waals surface area contributed by atoms with Gasteiger partial charge in [0.25, 0.3) is 0 Å². The molecule has 0 saturated carbocycles. The van der Waals surface area contributed by atoms with E-state index < -0.39 is 0 Å². The highest BCUT2D eigenvalue weighted by atomic mass is 16.3. The second kappa shape index (κ2) is 25.1. The first-order valence-corrected chi connectivity index (χ1v) is 38.2. The lowest BCUT2D eigenvalue weighted by Gasteiger charge is -2.25. The van der Waals surface area contributed by atoms with E-state index in [0.717, 1.165) is 33.1 Å². The van der Waals surface area contributed by atoms with Crippen molar-refractivity contribution in [2.24, 2.45) is 0 Å². The third kappa shape index (κ3) is 10.1. The van der Waals surface area contributed by atoms with Crippen molar-refractivity contribution >= 4 is 86.6 Å². The van der Waals surface area contributed by atoms with Crippen molar-refractivity contribution < 1.29 is 4.42 Å². The maximum atomic E-state index is 6.59. The molecule has 0 bridgehead atoms. The molecule has 2 aliphatic rings. The first kappa shape index (κ1) is 64.0. The van der Waals surface area contributed by atoms with Gasteiger partial charge in [-0.25, -0.2) is 0 Å². The molecule has 512 valence electrons. The number of fused-ring (bicyclic) bond motifs is 15. The molecule has 22 rings (SSSR count). The zero-order valence-electron chi connectivity index (χ0n) is 61.2. The van der Waals surface area contributed by atoms with Crippen molar-refractivity contribution in [3.8, 4) is 111 Å². The van der Waals surface area contributed by atoms with E-state index in [1.807, 2.05) is 6.07 Å². The molecule has 19 aromatic carbocycles. The van der Waals surface area contributed by atoms with Crippen LogP contribution in [0.5, 0.6) is 0 Å². The van der Waals surface area contributed by atoms with Crippen molar-refractivity contribution in [1.29, 1.82) is 0 Å². The second-order valence-corrected chi connectivity index (χ2v) is 30.8. The van der Waals surface area contributed by atoms with E-state index in [1.165, 1.54) is 187 Å². The zero-order valence-corrected chi connectivity index (χ0v) is 61.2. The van der Waals surface area contributed by atoms with E-state index in [4.69, 9.17) is 4.42 Å². The van der Waals surface area contributed by atoms with Gasteiger partial charge in [-0.2, -0.15) is 0 Å². The largest absolute Gasteiger partial charge is 0.455 e. The topological polar surface area (TPSA) is 13.1 Å². The normalized spacial score (nSPS) is 13.1. The Kier molecular flexibility index (Phi) is 14.7. The molecule has 0 unspecified atom stereocenters. The van der Waals surface area contributed by atoms with Crippen molar-refractivity contribution in [2.45, 2.75) is 38.5 Å². The van der Waals surface area contributed by atoms with Gasteiger partial charge in [-0.15, -0.1) is 0 Å². The van der Waals surface area contributed by atoms with Crippen molar-refractivity contribution in [3.63, 3.8) is 0 Å². The van der Waals surface area contributed by atoms with E-state index >= 15 is 0 Å². The highest BCUT2D eigenvalue weighted by Gasteiger charge is 2.40. The Morgan fingerprint density at radius 1 is 0.183 bits per heavy atom. The Labute approximate surface area is 634 Å². The van der Waals surface area contributed by atoms with Gasteiger partial charge in [-0.1, -0.05) is 373 Å². The van der Waals surface area contributed by atoms with Gasteiger partial charge < -0.3 is 4.42 Å². The standard InChI is InChI=1S/C57H38O.C51H36/c1-57(2)51-34-38-16-4-3-15-37(38)33-50(51)47-25-13-24-39(55(47)57)35-29-31-36(32-30-35)53-43-20-7-9-22-45(43)54(46-23-10-8-21-44(46)53)42-19-6-5-17-40(42)48-26-14-27-49-41-18-11-12-28-52(41)58-56(48)49;1-51(2)47-32-37-18-7-6-17-36(37)31-46(47)45-26-14-25-39(50(45)51)34-27-29-35(30-28-34)48-41-21-10-12-23-43(41)49(44-24-13-11-22-42(44)48)40-20-9-8-19-38(40)33-15-4-3-5-16-33/h3-34H,1-2H3;3-32H,1-2H3. The van der Waals surface area contributed by atoms with Crippen molar-refractivity contribution in [3.05, 3.63) is 398 Å². The van der Waals surface area contributed by atoms with E-state index in [1.54, 1.807) is 0 Å². The number of rotatable bonds is 8.